The standard InChI is InChI=1S/C28H34N6O/c1-20-15-33(26-29-14-23-10-6-7-11-25(23)31-26)16-21(2)34(20)27(35)30-24-12-28(13-24)18-32(19-28)17-22-8-4-3-5-9-22/h3-11,14,20-21,24H,12-13,15-19H2,1-2H3,(H,30,35)/t20-,21+. The first-order chi connectivity index (χ1) is 17.0. The van der Waals surface area contributed by atoms with Crippen molar-refractivity contribution in [1.82, 2.24) is 25.1 Å². The number of piperazine rings is 1. The van der Waals surface area contributed by atoms with Gasteiger partial charge in [0.15, 0.2) is 0 Å². The Labute approximate surface area is 207 Å². The molecule has 2 atom stereocenters. The molecule has 0 bridgehead atoms. The van der Waals surface area contributed by atoms with Gasteiger partial charge in [-0.15, -0.1) is 0 Å². The molecule has 2 aliphatic heterocycles. The maximum atomic E-state index is 13.2. The number of urea groups is 1. The van der Waals surface area contributed by atoms with E-state index in [-0.39, 0.29) is 18.1 Å². The fourth-order valence-electron chi connectivity index (χ4n) is 6.45. The van der Waals surface area contributed by atoms with E-state index in [1.54, 1.807) is 0 Å². The molecule has 0 unspecified atom stereocenters. The number of carbonyl (C=O) groups is 1. The maximum Gasteiger partial charge on any atom is 0.318 e. The second-order valence-electron chi connectivity index (χ2n) is 10.9. The number of likely N-dealkylation sites (tertiary alicyclic amines) is 1. The number of hydrogen-bond acceptors (Lipinski definition) is 5. The lowest BCUT2D eigenvalue weighted by Gasteiger charge is -2.59. The number of benzene rings is 2. The van der Waals surface area contributed by atoms with Gasteiger partial charge in [-0.05, 0) is 43.7 Å². The predicted octanol–water partition coefficient (Wildman–Crippen LogP) is 3.90. The van der Waals surface area contributed by atoms with Crippen LogP contribution in [-0.4, -0.2) is 70.1 Å². The molecule has 7 heteroatoms. The Hall–Kier alpha value is -3.19. The van der Waals surface area contributed by atoms with E-state index in [0.29, 0.717) is 11.5 Å². The zero-order chi connectivity index (χ0) is 24.0. The Bertz CT molecular complexity index is 1190. The highest BCUT2D eigenvalue weighted by Gasteiger charge is 2.52. The van der Waals surface area contributed by atoms with Gasteiger partial charge in [-0.1, -0.05) is 48.5 Å². The zero-order valence-electron chi connectivity index (χ0n) is 20.6. The first kappa shape index (κ1) is 22.3. The number of nitrogens with zero attached hydrogens (tertiary/aromatic N) is 5. The van der Waals surface area contributed by atoms with Gasteiger partial charge in [0, 0.05) is 62.4 Å². The summed E-state index contributed by atoms with van der Waals surface area (Å²) in [5.74, 6) is 0.744. The molecule has 1 aromatic heterocycles. The van der Waals surface area contributed by atoms with Crippen LogP contribution in [0.3, 0.4) is 0 Å². The van der Waals surface area contributed by atoms with Crippen molar-refractivity contribution in [3.63, 3.8) is 0 Å². The molecule has 1 spiro atoms. The van der Waals surface area contributed by atoms with Gasteiger partial charge in [-0.2, -0.15) is 0 Å². The lowest BCUT2D eigenvalue weighted by atomic mass is 9.60. The summed E-state index contributed by atoms with van der Waals surface area (Å²) in [6, 6.07) is 19.3. The van der Waals surface area contributed by atoms with Crippen molar-refractivity contribution < 1.29 is 4.79 Å². The Balaban J connectivity index is 1.01. The Morgan fingerprint density at radius 1 is 1.00 bits per heavy atom. The van der Waals surface area contributed by atoms with Gasteiger partial charge in [0.25, 0.3) is 0 Å². The molecule has 35 heavy (non-hydrogen) atoms. The van der Waals surface area contributed by atoms with Gasteiger partial charge in [0.2, 0.25) is 5.95 Å². The largest absolute Gasteiger partial charge is 0.337 e. The van der Waals surface area contributed by atoms with Gasteiger partial charge < -0.3 is 15.1 Å². The summed E-state index contributed by atoms with van der Waals surface area (Å²) < 4.78 is 0. The van der Waals surface area contributed by atoms with Crippen molar-refractivity contribution in [2.24, 2.45) is 5.41 Å². The van der Waals surface area contributed by atoms with E-state index < -0.39 is 0 Å². The third kappa shape index (κ3) is 4.33. The van der Waals surface area contributed by atoms with E-state index in [4.69, 9.17) is 4.98 Å². The molecule has 1 N–H and O–H groups in total. The van der Waals surface area contributed by atoms with E-state index in [9.17, 15) is 4.79 Å². The Morgan fingerprint density at radius 2 is 1.69 bits per heavy atom. The normalized spacial score (nSPS) is 24.3. The summed E-state index contributed by atoms with van der Waals surface area (Å²) in [6.07, 6.45) is 4.08. The van der Waals surface area contributed by atoms with E-state index >= 15 is 0 Å². The molecule has 3 aliphatic rings. The highest BCUT2D eigenvalue weighted by Crippen LogP contribution is 2.48. The minimum atomic E-state index is 0.0735. The summed E-state index contributed by atoms with van der Waals surface area (Å²) in [5.41, 5.74) is 2.74. The van der Waals surface area contributed by atoms with Crippen LogP contribution in [0.25, 0.3) is 10.9 Å². The van der Waals surface area contributed by atoms with Gasteiger partial charge >= 0.3 is 6.03 Å². The SMILES string of the molecule is C[C@@H]1CN(c2ncc3ccccc3n2)C[C@H](C)N1C(=O)NC1CC2(C1)CN(Cc1ccccc1)C2. The number of anilines is 1. The van der Waals surface area contributed by atoms with Crippen LogP contribution >= 0.6 is 0 Å². The molecule has 3 heterocycles. The number of nitrogens with one attached hydrogen (secondary N) is 1. The quantitative estimate of drug-likeness (QED) is 0.627. The van der Waals surface area contributed by atoms with Gasteiger partial charge in [0.05, 0.1) is 5.52 Å². The van der Waals surface area contributed by atoms with Crippen LogP contribution in [0.2, 0.25) is 0 Å². The number of fused-ring (bicyclic) bond motifs is 1. The van der Waals surface area contributed by atoms with Crippen molar-refractivity contribution in [3.8, 4) is 0 Å². The molecule has 0 radical (unpaired) electrons. The first-order valence-corrected chi connectivity index (χ1v) is 12.8. The van der Waals surface area contributed by atoms with Gasteiger partial charge in [-0.25, -0.2) is 14.8 Å². The molecule has 182 valence electrons. The molecule has 1 aliphatic carbocycles. The minimum Gasteiger partial charge on any atom is -0.337 e. The number of para-hydroxylation sites is 1. The molecule has 2 amide bonds. The number of aromatic nitrogens is 2. The fraction of sp³-hybridized carbons (Fsp3) is 0.464. The molecule has 3 fully saturated rings. The highest BCUT2D eigenvalue weighted by molar-refractivity contribution is 5.79. The summed E-state index contributed by atoms with van der Waals surface area (Å²) in [4.78, 5) is 29.3. The van der Waals surface area contributed by atoms with Gasteiger partial charge in [0.1, 0.15) is 0 Å². The average molecular weight is 471 g/mol. The third-order valence-corrected chi connectivity index (χ3v) is 7.97. The molecule has 3 aromatic rings. The number of rotatable bonds is 4. The van der Waals surface area contributed by atoms with Gasteiger partial charge in [-0.3, -0.25) is 4.90 Å². The Kier molecular flexibility index (Phi) is 5.60. The van der Waals surface area contributed by atoms with Crippen molar-refractivity contribution in [2.45, 2.75) is 51.4 Å². The number of amides is 2. The van der Waals surface area contributed by atoms with Crippen LogP contribution in [-0.2, 0) is 6.54 Å². The van der Waals surface area contributed by atoms with Crippen molar-refractivity contribution in [2.75, 3.05) is 31.1 Å². The molecule has 6 rings (SSSR count). The van der Waals surface area contributed by atoms with Crippen LogP contribution in [0.5, 0.6) is 0 Å². The Morgan fingerprint density at radius 3 is 2.43 bits per heavy atom. The minimum absolute atomic E-state index is 0.0735. The molecule has 1 saturated carbocycles. The predicted molar refractivity (Wildman–Crippen MR) is 138 cm³/mol. The average Bonchev–Trinajstić information content (AvgIpc) is 2.81. The molecular weight excluding hydrogens is 436 g/mol. The second-order valence-corrected chi connectivity index (χ2v) is 10.9. The third-order valence-electron chi connectivity index (χ3n) is 7.97. The van der Waals surface area contributed by atoms with Crippen LogP contribution in [0.1, 0.15) is 32.3 Å². The smallest absolute Gasteiger partial charge is 0.318 e. The topological polar surface area (TPSA) is 64.6 Å². The fourth-order valence-corrected chi connectivity index (χ4v) is 6.45. The van der Waals surface area contributed by atoms with Crippen LogP contribution in [0.4, 0.5) is 10.7 Å². The van der Waals surface area contributed by atoms with Crippen molar-refractivity contribution >= 4 is 22.9 Å². The lowest BCUT2D eigenvalue weighted by molar-refractivity contribution is -0.0812. The molecular formula is C28H34N6O. The van der Waals surface area contributed by atoms with E-state index in [1.807, 2.05) is 35.4 Å². The lowest BCUT2D eigenvalue weighted by Crippen LogP contribution is -2.68. The maximum absolute atomic E-state index is 13.2. The van der Waals surface area contributed by atoms with Crippen molar-refractivity contribution in [1.29, 1.82) is 0 Å². The van der Waals surface area contributed by atoms with Crippen LogP contribution < -0.4 is 10.2 Å². The van der Waals surface area contributed by atoms with E-state index in [2.05, 4.69) is 64.3 Å². The van der Waals surface area contributed by atoms with E-state index in [0.717, 1.165) is 62.4 Å². The van der Waals surface area contributed by atoms with Crippen molar-refractivity contribution in [3.05, 3.63) is 66.4 Å². The molecule has 2 aromatic carbocycles. The summed E-state index contributed by atoms with van der Waals surface area (Å²) >= 11 is 0. The number of carbonyl (C=O) groups excluding carboxylic acids is 1. The molecule has 7 nitrogen and oxygen atoms in total. The van der Waals surface area contributed by atoms with Crippen LogP contribution in [0, 0.1) is 5.41 Å². The molecule has 2 saturated heterocycles. The zero-order valence-corrected chi connectivity index (χ0v) is 20.6. The van der Waals surface area contributed by atoms with Crippen LogP contribution in [0.15, 0.2) is 60.8 Å². The summed E-state index contributed by atoms with van der Waals surface area (Å²) in [7, 11) is 0. The monoisotopic (exact) mass is 470 g/mol. The highest BCUT2D eigenvalue weighted by atomic mass is 16.2. The summed E-state index contributed by atoms with van der Waals surface area (Å²) in [6.45, 7) is 9.03. The first-order valence-electron chi connectivity index (χ1n) is 12.8. The van der Waals surface area contributed by atoms with E-state index in [1.165, 1.54) is 5.56 Å². The number of hydrogen-bond donors (Lipinski definition) is 1. The summed E-state index contributed by atoms with van der Waals surface area (Å²) in [5, 5.41) is 4.38. The second kappa shape index (κ2) is 8.79.